The van der Waals surface area contributed by atoms with Crippen LogP contribution in [-0.4, -0.2) is 11.7 Å². The molecule has 0 saturated heterocycles. The minimum atomic E-state index is -0.277. The quantitative estimate of drug-likeness (QED) is 0.746. The van der Waals surface area contributed by atoms with E-state index in [0.717, 1.165) is 5.56 Å². The maximum Gasteiger partial charge on any atom is 0.126 e. The number of benzene rings is 1. The van der Waals surface area contributed by atoms with Crippen LogP contribution in [0.2, 0.25) is 0 Å². The first-order valence-electron chi connectivity index (χ1n) is 4.28. The second kappa shape index (κ2) is 4.35. The van der Waals surface area contributed by atoms with Gasteiger partial charge >= 0.3 is 0 Å². The van der Waals surface area contributed by atoms with E-state index in [1.807, 2.05) is 0 Å². The van der Waals surface area contributed by atoms with Crippen LogP contribution < -0.4 is 5.73 Å². The molecular weight excluding hydrogens is 169 g/mol. The van der Waals surface area contributed by atoms with Crippen molar-refractivity contribution in [1.82, 2.24) is 0 Å². The molecule has 1 rings (SSSR count). The molecule has 0 aliphatic rings. The summed E-state index contributed by atoms with van der Waals surface area (Å²) in [4.78, 5) is 0. The van der Waals surface area contributed by atoms with Gasteiger partial charge in [-0.1, -0.05) is 12.1 Å². The third kappa shape index (κ3) is 2.26. The van der Waals surface area contributed by atoms with Crippen molar-refractivity contribution in [3.63, 3.8) is 0 Å². The van der Waals surface area contributed by atoms with Crippen molar-refractivity contribution in [1.29, 1.82) is 0 Å². The molecule has 3 heteroatoms. The van der Waals surface area contributed by atoms with Gasteiger partial charge in [0.15, 0.2) is 0 Å². The van der Waals surface area contributed by atoms with E-state index in [0.29, 0.717) is 12.0 Å². The van der Waals surface area contributed by atoms with E-state index in [-0.39, 0.29) is 18.5 Å². The topological polar surface area (TPSA) is 46.2 Å². The van der Waals surface area contributed by atoms with Gasteiger partial charge in [-0.2, -0.15) is 0 Å². The lowest BCUT2D eigenvalue weighted by Crippen LogP contribution is -2.13. The molecule has 0 aliphatic heterocycles. The van der Waals surface area contributed by atoms with E-state index in [1.54, 1.807) is 19.1 Å². The summed E-state index contributed by atoms with van der Waals surface area (Å²) in [6.45, 7) is 1.72. The fourth-order valence-corrected chi connectivity index (χ4v) is 1.32. The molecule has 0 radical (unpaired) electrons. The number of hydrogen-bond donors (Lipinski definition) is 2. The summed E-state index contributed by atoms with van der Waals surface area (Å²) in [6, 6.07) is 4.55. The number of aliphatic hydroxyl groups excluding tert-OH is 1. The maximum atomic E-state index is 13.1. The lowest BCUT2D eigenvalue weighted by molar-refractivity contribution is 0.276. The Labute approximate surface area is 77.2 Å². The predicted octanol–water partition coefficient (Wildman–Crippen LogP) is 1.52. The third-order valence-electron chi connectivity index (χ3n) is 2.15. The lowest BCUT2D eigenvalue weighted by Gasteiger charge is -2.13. The van der Waals surface area contributed by atoms with E-state index in [9.17, 15) is 4.39 Å². The van der Waals surface area contributed by atoms with Gasteiger partial charge in [-0.15, -0.1) is 0 Å². The Kier molecular flexibility index (Phi) is 3.39. The molecule has 1 unspecified atom stereocenters. The van der Waals surface area contributed by atoms with Crippen LogP contribution in [0.4, 0.5) is 4.39 Å². The third-order valence-corrected chi connectivity index (χ3v) is 2.15. The molecule has 1 aromatic carbocycles. The van der Waals surface area contributed by atoms with Gasteiger partial charge in [0, 0.05) is 12.6 Å². The zero-order valence-corrected chi connectivity index (χ0v) is 7.63. The number of rotatable bonds is 3. The highest BCUT2D eigenvalue weighted by molar-refractivity contribution is 5.29. The predicted molar refractivity (Wildman–Crippen MR) is 49.8 cm³/mol. The SMILES string of the molecule is Cc1c(F)cccc1C(N)CCO. The standard InChI is InChI=1S/C10H14FNO/c1-7-8(10(12)5-6-13)3-2-4-9(7)11/h2-4,10,13H,5-6,12H2,1H3. The largest absolute Gasteiger partial charge is 0.396 e. The molecule has 0 heterocycles. The molecular formula is C10H14FNO. The summed E-state index contributed by atoms with van der Waals surface area (Å²) >= 11 is 0. The van der Waals surface area contributed by atoms with Crippen molar-refractivity contribution in [2.45, 2.75) is 19.4 Å². The highest BCUT2D eigenvalue weighted by Crippen LogP contribution is 2.19. The molecule has 0 saturated carbocycles. The van der Waals surface area contributed by atoms with Gasteiger partial charge in [0.25, 0.3) is 0 Å². The molecule has 0 fully saturated rings. The number of hydrogen-bond acceptors (Lipinski definition) is 2. The molecule has 2 nitrogen and oxygen atoms in total. The molecule has 0 spiro atoms. The number of halogens is 1. The second-order valence-corrected chi connectivity index (χ2v) is 3.07. The average molecular weight is 183 g/mol. The van der Waals surface area contributed by atoms with E-state index in [2.05, 4.69) is 0 Å². The van der Waals surface area contributed by atoms with Crippen LogP contribution in [-0.2, 0) is 0 Å². The molecule has 0 amide bonds. The first-order valence-corrected chi connectivity index (χ1v) is 4.28. The molecule has 0 bridgehead atoms. The fourth-order valence-electron chi connectivity index (χ4n) is 1.32. The van der Waals surface area contributed by atoms with Crippen molar-refractivity contribution < 1.29 is 9.50 Å². The number of aliphatic hydroxyl groups is 1. The second-order valence-electron chi connectivity index (χ2n) is 3.07. The van der Waals surface area contributed by atoms with Crippen LogP contribution in [0, 0.1) is 12.7 Å². The van der Waals surface area contributed by atoms with E-state index < -0.39 is 0 Å². The first-order chi connectivity index (χ1) is 6.16. The summed E-state index contributed by atoms with van der Waals surface area (Å²) in [6.07, 6.45) is 0.463. The molecule has 72 valence electrons. The normalized spacial score (nSPS) is 12.9. The Morgan fingerprint density at radius 2 is 2.23 bits per heavy atom. The van der Waals surface area contributed by atoms with Crippen LogP contribution in [0.1, 0.15) is 23.6 Å². The first kappa shape index (κ1) is 10.2. The summed E-state index contributed by atoms with van der Waals surface area (Å²) in [5.41, 5.74) is 7.09. The van der Waals surface area contributed by atoms with Gasteiger partial charge in [0.2, 0.25) is 0 Å². The zero-order chi connectivity index (χ0) is 9.84. The Hall–Kier alpha value is -0.930. The van der Waals surface area contributed by atoms with Crippen molar-refractivity contribution in [3.8, 4) is 0 Å². The molecule has 1 atom stereocenters. The van der Waals surface area contributed by atoms with Crippen molar-refractivity contribution in [2.24, 2.45) is 5.73 Å². The van der Waals surface area contributed by atoms with Gasteiger partial charge in [0.05, 0.1) is 0 Å². The van der Waals surface area contributed by atoms with Gasteiger partial charge in [0.1, 0.15) is 5.82 Å². The van der Waals surface area contributed by atoms with Crippen LogP contribution in [0.3, 0.4) is 0 Å². The van der Waals surface area contributed by atoms with Gasteiger partial charge in [-0.25, -0.2) is 4.39 Å². The van der Waals surface area contributed by atoms with E-state index >= 15 is 0 Å². The van der Waals surface area contributed by atoms with Crippen molar-refractivity contribution in [2.75, 3.05) is 6.61 Å². The van der Waals surface area contributed by atoms with Crippen molar-refractivity contribution >= 4 is 0 Å². The maximum absolute atomic E-state index is 13.1. The van der Waals surface area contributed by atoms with Crippen LogP contribution >= 0.6 is 0 Å². The average Bonchev–Trinajstić information content (AvgIpc) is 2.10. The molecule has 0 aromatic heterocycles. The zero-order valence-electron chi connectivity index (χ0n) is 7.63. The summed E-state index contributed by atoms with van der Waals surface area (Å²) in [5, 5.41) is 8.68. The van der Waals surface area contributed by atoms with Gasteiger partial charge in [-0.3, -0.25) is 0 Å². The van der Waals surface area contributed by atoms with E-state index in [1.165, 1.54) is 6.07 Å². The van der Waals surface area contributed by atoms with E-state index in [4.69, 9.17) is 10.8 Å². The highest BCUT2D eigenvalue weighted by atomic mass is 19.1. The summed E-state index contributed by atoms with van der Waals surface area (Å²) in [5.74, 6) is -0.245. The summed E-state index contributed by atoms with van der Waals surface area (Å²) in [7, 11) is 0. The van der Waals surface area contributed by atoms with Crippen LogP contribution in [0.15, 0.2) is 18.2 Å². The number of nitrogens with two attached hydrogens (primary N) is 1. The fraction of sp³-hybridized carbons (Fsp3) is 0.400. The van der Waals surface area contributed by atoms with Gasteiger partial charge < -0.3 is 10.8 Å². The van der Waals surface area contributed by atoms with Crippen LogP contribution in [0.25, 0.3) is 0 Å². The molecule has 0 aliphatic carbocycles. The Morgan fingerprint density at radius 3 is 2.85 bits per heavy atom. The molecule has 13 heavy (non-hydrogen) atoms. The van der Waals surface area contributed by atoms with Crippen LogP contribution in [0.5, 0.6) is 0 Å². The minimum Gasteiger partial charge on any atom is -0.396 e. The highest BCUT2D eigenvalue weighted by Gasteiger charge is 2.10. The minimum absolute atomic E-state index is 0.0249. The Bertz CT molecular complexity index is 288. The van der Waals surface area contributed by atoms with Gasteiger partial charge in [-0.05, 0) is 30.5 Å². The van der Waals surface area contributed by atoms with Crippen molar-refractivity contribution in [3.05, 3.63) is 35.1 Å². The molecule has 1 aromatic rings. The smallest absolute Gasteiger partial charge is 0.126 e. The molecule has 3 N–H and O–H groups in total. The lowest BCUT2D eigenvalue weighted by atomic mass is 9.99. The Morgan fingerprint density at radius 1 is 1.54 bits per heavy atom. The Balaban J connectivity index is 2.93. The monoisotopic (exact) mass is 183 g/mol. The summed E-state index contributed by atoms with van der Waals surface area (Å²) < 4.78 is 13.1.